The summed E-state index contributed by atoms with van der Waals surface area (Å²) in [6.07, 6.45) is 3.98. The van der Waals surface area contributed by atoms with Gasteiger partial charge in [-0.25, -0.2) is 33.1 Å². The minimum Gasteiger partial charge on any atom is -0.446 e. The molecule has 0 aromatic carbocycles. The van der Waals surface area contributed by atoms with Gasteiger partial charge in [-0.3, -0.25) is 5.32 Å². The molecule has 3 aromatic rings. The van der Waals surface area contributed by atoms with Crippen molar-refractivity contribution in [1.29, 1.82) is 0 Å². The zero-order chi connectivity index (χ0) is 21.9. The van der Waals surface area contributed by atoms with Crippen molar-refractivity contribution in [3.05, 3.63) is 35.3 Å². The Labute approximate surface area is 178 Å². The first-order valence-corrected chi connectivity index (χ1v) is 11.9. The van der Waals surface area contributed by atoms with Gasteiger partial charge in [-0.1, -0.05) is 18.3 Å². The number of urea groups is 1. The fourth-order valence-corrected chi connectivity index (χ4v) is 4.06. The van der Waals surface area contributed by atoms with E-state index >= 15 is 0 Å². The minimum atomic E-state index is -3.54. The Bertz CT molecular complexity index is 1170. The maximum atomic E-state index is 12.1. The van der Waals surface area contributed by atoms with Gasteiger partial charge in [-0.2, -0.15) is 0 Å². The van der Waals surface area contributed by atoms with Crippen LogP contribution in [0.4, 0.5) is 9.93 Å². The topological polar surface area (TPSA) is 140 Å². The Morgan fingerprint density at radius 3 is 2.67 bits per heavy atom. The van der Waals surface area contributed by atoms with Crippen LogP contribution in [0.1, 0.15) is 30.0 Å². The second-order valence-electron chi connectivity index (χ2n) is 6.59. The van der Waals surface area contributed by atoms with Crippen LogP contribution in [0.2, 0.25) is 0 Å². The van der Waals surface area contributed by atoms with Crippen molar-refractivity contribution in [2.45, 2.75) is 38.8 Å². The standard InChI is InChI=1S/C18H22N6O4S2/c1-5-12-9-20-14(28-12)6-7-19-16(25)24-17-22-11(3)15(29-17)13-8-10(2)21-18(23-13)30(4,26)27/h8-9H,5-7H2,1-4H3,(H2,19,22,24,25). The van der Waals surface area contributed by atoms with E-state index in [1.165, 1.54) is 11.3 Å². The average molecular weight is 451 g/mol. The number of aryl methyl sites for hydroxylation is 3. The molecule has 0 saturated heterocycles. The summed E-state index contributed by atoms with van der Waals surface area (Å²) >= 11 is 1.21. The smallest absolute Gasteiger partial charge is 0.321 e. The molecule has 0 radical (unpaired) electrons. The van der Waals surface area contributed by atoms with Gasteiger partial charge in [0.2, 0.25) is 15.0 Å². The summed E-state index contributed by atoms with van der Waals surface area (Å²) in [5.74, 6) is 1.37. The number of oxazole rings is 1. The fraction of sp³-hybridized carbons (Fsp3) is 0.389. The number of anilines is 1. The molecular weight excluding hydrogens is 428 g/mol. The molecule has 3 heterocycles. The van der Waals surface area contributed by atoms with Crippen LogP contribution in [0.25, 0.3) is 10.6 Å². The number of nitrogens with one attached hydrogen (secondary N) is 2. The summed E-state index contributed by atoms with van der Waals surface area (Å²) in [5, 5.41) is 5.54. The first-order chi connectivity index (χ1) is 14.2. The molecule has 0 atom stereocenters. The normalized spacial score (nSPS) is 11.5. The predicted molar refractivity (Wildman–Crippen MR) is 112 cm³/mol. The molecule has 0 bridgehead atoms. The Morgan fingerprint density at radius 2 is 2.00 bits per heavy atom. The summed E-state index contributed by atoms with van der Waals surface area (Å²) in [4.78, 5) is 29.4. The monoisotopic (exact) mass is 450 g/mol. The number of rotatable bonds is 7. The van der Waals surface area contributed by atoms with Crippen molar-refractivity contribution in [2.75, 3.05) is 18.1 Å². The molecule has 2 N–H and O–H groups in total. The maximum Gasteiger partial charge on any atom is 0.321 e. The first-order valence-electron chi connectivity index (χ1n) is 9.17. The molecule has 160 valence electrons. The Balaban J connectivity index is 1.66. The summed E-state index contributed by atoms with van der Waals surface area (Å²) in [7, 11) is -3.54. The number of nitrogens with zero attached hydrogens (tertiary/aromatic N) is 4. The third-order valence-electron chi connectivity index (χ3n) is 3.99. The quantitative estimate of drug-likeness (QED) is 0.523. The number of carbonyl (C=O) groups excluding carboxylic acids is 1. The highest BCUT2D eigenvalue weighted by atomic mass is 32.2. The van der Waals surface area contributed by atoms with E-state index in [4.69, 9.17) is 4.42 Å². The summed E-state index contributed by atoms with van der Waals surface area (Å²) in [6.45, 7) is 5.79. The Hall–Kier alpha value is -2.86. The molecule has 0 aliphatic heterocycles. The number of carbonyl (C=O) groups is 1. The van der Waals surface area contributed by atoms with Crippen molar-refractivity contribution >= 4 is 32.3 Å². The zero-order valence-electron chi connectivity index (χ0n) is 17.0. The molecule has 0 aliphatic rings. The van der Waals surface area contributed by atoms with Gasteiger partial charge in [-0.05, 0) is 19.9 Å². The number of hydrogen-bond donors (Lipinski definition) is 2. The van der Waals surface area contributed by atoms with Crippen LogP contribution in [0, 0.1) is 13.8 Å². The van der Waals surface area contributed by atoms with Gasteiger partial charge in [0, 0.05) is 31.3 Å². The number of aromatic nitrogens is 4. The van der Waals surface area contributed by atoms with Gasteiger partial charge in [0.25, 0.3) is 0 Å². The number of sulfone groups is 1. The predicted octanol–water partition coefficient (Wildman–Crippen LogP) is 2.54. The third-order valence-corrected chi connectivity index (χ3v) is 5.93. The van der Waals surface area contributed by atoms with E-state index in [-0.39, 0.29) is 5.16 Å². The van der Waals surface area contributed by atoms with E-state index in [0.29, 0.717) is 45.9 Å². The molecular formula is C18H22N6O4S2. The molecule has 0 spiro atoms. The first kappa shape index (κ1) is 21.8. The molecule has 3 rings (SSSR count). The van der Waals surface area contributed by atoms with Crippen LogP contribution in [0.3, 0.4) is 0 Å². The zero-order valence-corrected chi connectivity index (χ0v) is 18.6. The Morgan fingerprint density at radius 1 is 1.23 bits per heavy atom. The van der Waals surface area contributed by atoms with Gasteiger partial charge in [0.1, 0.15) is 5.76 Å². The molecule has 0 saturated carbocycles. The second kappa shape index (κ2) is 8.88. The summed E-state index contributed by atoms with van der Waals surface area (Å²) in [5.41, 5.74) is 1.60. The maximum absolute atomic E-state index is 12.1. The van der Waals surface area contributed by atoms with Crippen molar-refractivity contribution in [2.24, 2.45) is 0 Å². The van der Waals surface area contributed by atoms with Gasteiger partial charge < -0.3 is 9.73 Å². The molecule has 0 aliphatic carbocycles. The van der Waals surface area contributed by atoms with E-state index in [9.17, 15) is 13.2 Å². The molecule has 0 fully saturated rings. The van der Waals surface area contributed by atoms with Crippen LogP contribution >= 0.6 is 11.3 Å². The van der Waals surface area contributed by atoms with Crippen LogP contribution in [-0.2, 0) is 22.7 Å². The fourth-order valence-electron chi connectivity index (χ4n) is 2.56. The lowest BCUT2D eigenvalue weighted by Gasteiger charge is -2.04. The molecule has 0 unspecified atom stereocenters. The van der Waals surface area contributed by atoms with E-state index in [1.807, 2.05) is 6.92 Å². The lowest BCUT2D eigenvalue weighted by Crippen LogP contribution is -2.30. The van der Waals surface area contributed by atoms with Crippen molar-refractivity contribution in [3.63, 3.8) is 0 Å². The molecule has 3 aromatic heterocycles. The molecule has 10 nitrogen and oxygen atoms in total. The SMILES string of the molecule is CCc1cnc(CCNC(=O)Nc2nc(C)c(-c3cc(C)nc(S(C)(=O)=O)n3)s2)o1. The molecule has 30 heavy (non-hydrogen) atoms. The van der Waals surface area contributed by atoms with E-state index in [1.54, 1.807) is 26.1 Å². The summed E-state index contributed by atoms with van der Waals surface area (Å²) in [6, 6.07) is 1.27. The van der Waals surface area contributed by atoms with Gasteiger partial charge >= 0.3 is 6.03 Å². The number of amides is 2. The van der Waals surface area contributed by atoms with Gasteiger partial charge in [0.05, 0.1) is 22.5 Å². The van der Waals surface area contributed by atoms with Gasteiger partial charge in [0.15, 0.2) is 11.0 Å². The van der Waals surface area contributed by atoms with E-state index < -0.39 is 15.9 Å². The van der Waals surface area contributed by atoms with Gasteiger partial charge in [-0.15, -0.1) is 0 Å². The van der Waals surface area contributed by atoms with Crippen LogP contribution in [0.15, 0.2) is 21.8 Å². The Kier molecular flexibility index (Phi) is 6.46. The third kappa shape index (κ3) is 5.39. The van der Waals surface area contributed by atoms with Crippen molar-refractivity contribution in [1.82, 2.24) is 25.3 Å². The van der Waals surface area contributed by atoms with Crippen LogP contribution < -0.4 is 10.6 Å². The van der Waals surface area contributed by atoms with E-state index in [2.05, 4.69) is 30.6 Å². The largest absolute Gasteiger partial charge is 0.446 e. The lowest BCUT2D eigenvalue weighted by atomic mass is 10.2. The highest BCUT2D eigenvalue weighted by Gasteiger charge is 2.18. The van der Waals surface area contributed by atoms with Crippen LogP contribution in [-0.4, -0.2) is 47.2 Å². The van der Waals surface area contributed by atoms with E-state index in [0.717, 1.165) is 18.4 Å². The van der Waals surface area contributed by atoms with Crippen molar-refractivity contribution < 1.29 is 17.6 Å². The molecule has 2 amide bonds. The highest BCUT2D eigenvalue weighted by Crippen LogP contribution is 2.32. The average Bonchev–Trinajstić information content (AvgIpc) is 3.26. The summed E-state index contributed by atoms with van der Waals surface area (Å²) < 4.78 is 29.1. The number of thiazole rings is 1. The van der Waals surface area contributed by atoms with Crippen LogP contribution in [0.5, 0.6) is 0 Å². The molecule has 12 heteroatoms. The lowest BCUT2D eigenvalue weighted by molar-refractivity contribution is 0.252. The highest BCUT2D eigenvalue weighted by molar-refractivity contribution is 7.90. The minimum absolute atomic E-state index is 0.240. The second-order valence-corrected chi connectivity index (χ2v) is 9.50. The number of hydrogen-bond acceptors (Lipinski definition) is 9. The van der Waals surface area contributed by atoms with Crippen molar-refractivity contribution in [3.8, 4) is 10.6 Å².